The number of benzene rings is 3. The van der Waals surface area contributed by atoms with Crippen LogP contribution in [0.25, 0.3) is 0 Å². The van der Waals surface area contributed by atoms with Crippen LogP contribution in [0, 0.1) is 6.92 Å². The molecule has 0 aromatic heterocycles. The molecule has 0 unspecified atom stereocenters. The highest BCUT2D eigenvalue weighted by Gasteiger charge is 2.11. The number of carbonyl (C=O) groups excluding carboxylic acids is 1. The van der Waals surface area contributed by atoms with Gasteiger partial charge in [0.25, 0.3) is 5.91 Å². The van der Waals surface area contributed by atoms with E-state index >= 15 is 0 Å². The van der Waals surface area contributed by atoms with Gasteiger partial charge in [-0.3, -0.25) is 4.79 Å². The average Bonchev–Trinajstić information content (AvgIpc) is 2.78. The standard InChI is InChI=1S/C25H25ClN2O4/c1-4-31-24-14-18(9-11-22(24)32-16-19-6-5-7-20(26)13-19)15-27-28-25(29)21-10-8-17(2)12-23(21)30-3/h5-15H,4,16H2,1-3H3,(H,28,29)/b27-15-. The fraction of sp³-hybridized carbons (Fsp3) is 0.200. The zero-order valence-corrected chi connectivity index (χ0v) is 19.0. The molecule has 6 nitrogen and oxygen atoms in total. The van der Waals surface area contributed by atoms with Gasteiger partial charge in [-0.1, -0.05) is 29.8 Å². The lowest BCUT2D eigenvalue weighted by Gasteiger charge is -2.13. The molecular weight excluding hydrogens is 428 g/mol. The van der Waals surface area contributed by atoms with Crippen molar-refractivity contribution in [2.45, 2.75) is 20.5 Å². The van der Waals surface area contributed by atoms with Crippen molar-refractivity contribution in [3.05, 3.63) is 87.9 Å². The predicted molar refractivity (Wildman–Crippen MR) is 126 cm³/mol. The summed E-state index contributed by atoms with van der Waals surface area (Å²) in [6.45, 7) is 4.68. The first-order valence-electron chi connectivity index (χ1n) is 10.1. The third-order valence-corrected chi connectivity index (χ3v) is 4.77. The Morgan fingerprint density at radius 2 is 1.88 bits per heavy atom. The van der Waals surface area contributed by atoms with Crippen LogP contribution < -0.4 is 19.6 Å². The van der Waals surface area contributed by atoms with Gasteiger partial charge in [0.1, 0.15) is 12.4 Å². The van der Waals surface area contributed by atoms with Crippen LogP contribution in [0.4, 0.5) is 0 Å². The minimum atomic E-state index is -0.357. The van der Waals surface area contributed by atoms with Crippen LogP contribution in [-0.2, 0) is 6.61 Å². The molecule has 0 saturated heterocycles. The van der Waals surface area contributed by atoms with Gasteiger partial charge >= 0.3 is 0 Å². The lowest BCUT2D eigenvalue weighted by atomic mass is 10.1. The molecule has 0 heterocycles. The van der Waals surface area contributed by atoms with Crippen molar-refractivity contribution >= 4 is 23.7 Å². The van der Waals surface area contributed by atoms with E-state index in [4.69, 9.17) is 25.8 Å². The van der Waals surface area contributed by atoms with E-state index in [-0.39, 0.29) is 5.91 Å². The summed E-state index contributed by atoms with van der Waals surface area (Å²) < 4.78 is 16.9. The first-order valence-corrected chi connectivity index (χ1v) is 10.5. The van der Waals surface area contributed by atoms with E-state index in [1.165, 1.54) is 7.11 Å². The lowest BCUT2D eigenvalue weighted by Crippen LogP contribution is -2.18. The molecule has 0 aliphatic rings. The molecule has 3 rings (SSSR count). The number of hydrazone groups is 1. The second kappa shape index (κ2) is 11.2. The quantitative estimate of drug-likeness (QED) is 0.348. The highest BCUT2D eigenvalue weighted by atomic mass is 35.5. The van der Waals surface area contributed by atoms with Crippen LogP contribution in [0.2, 0.25) is 5.02 Å². The molecule has 32 heavy (non-hydrogen) atoms. The van der Waals surface area contributed by atoms with Crippen LogP contribution in [0.3, 0.4) is 0 Å². The van der Waals surface area contributed by atoms with E-state index in [0.29, 0.717) is 41.0 Å². The third-order valence-electron chi connectivity index (χ3n) is 4.53. The number of hydrogen-bond acceptors (Lipinski definition) is 5. The smallest absolute Gasteiger partial charge is 0.275 e. The van der Waals surface area contributed by atoms with Gasteiger partial charge in [0, 0.05) is 5.02 Å². The first-order chi connectivity index (χ1) is 15.5. The zero-order chi connectivity index (χ0) is 22.9. The zero-order valence-electron chi connectivity index (χ0n) is 18.2. The summed E-state index contributed by atoms with van der Waals surface area (Å²) in [4.78, 5) is 12.4. The van der Waals surface area contributed by atoms with Crippen LogP contribution in [-0.4, -0.2) is 25.8 Å². The maximum atomic E-state index is 12.4. The van der Waals surface area contributed by atoms with Gasteiger partial charge in [-0.2, -0.15) is 5.10 Å². The fourth-order valence-electron chi connectivity index (χ4n) is 2.99. The van der Waals surface area contributed by atoms with Crippen molar-refractivity contribution in [1.29, 1.82) is 0 Å². The minimum absolute atomic E-state index is 0.357. The SMILES string of the molecule is CCOc1cc(/C=N\NC(=O)c2ccc(C)cc2OC)ccc1OCc1cccc(Cl)c1. The molecule has 0 atom stereocenters. The molecule has 1 amide bonds. The second-order valence-corrected chi connectivity index (χ2v) is 7.40. The molecule has 7 heteroatoms. The summed E-state index contributed by atoms with van der Waals surface area (Å²) in [6.07, 6.45) is 1.54. The van der Waals surface area contributed by atoms with Gasteiger partial charge in [-0.05, 0) is 73.0 Å². The summed E-state index contributed by atoms with van der Waals surface area (Å²) in [6, 6.07) is 18.3. The van der Waals surface area contributed by atoms with Crippen molar-refractivity contribution in [1.82, 2.24) is 5.43 Å². The Bertz CT molecular complexity index is 1110. The minimum Gasteiger partial charge on any atom is -0.496 e. The number of methoxy groups -OCH3 is 1. The van der Waals surface area contributed by atoms with Crippen molar-refractivity contribution in [3.63, 3.8) is 0 Å². The van der Waals surface area contributed by atoms with Crippen molar-refractivity contribution in [3.8, 4) is 17.2 Å². The van der Waals surface area contributed by atoms with Gasteiger partial charge in [-0.15, -0.1) is 0 Å². The molecule has 0 bridgehead atoms. The van der Waals surface area contributed by atoms with Gasteiger partial charge < -0.3 is 14.2 Å². The van der Waals surface area contributed by atoms with Gasteiger partial charge in [0.05, 0.1) is 25.5 Å². The van der Waals surface area contributed by atoms with Gasteiger partial charge in [0.15, 0.2) is 11.5 Å². The van der Waals surface area contributed by atoms with E-state index < -0.39 is 0 Å². The summed E-state index contributed by atoms with van der Waals surface area (Å²) >= 11 is 6.03. The van der Waals surface area contributed by atoms with Gasteiger partial charge in [-0.25, -0.2) is 5.43 Å². The van der Waals surface area contributed by atoms with Crippen molar-refractivity contribution < 1.29 is 19.0 Å². The van der Waals surface area contributed by atoms with E-state index in [9.17, 15) is 4.79 Å². The normalized spacial score (nSPS) is 10.8. The summed E-state index contributed by atoms with van der Waals surface area (Å²) in [5.74, 6) is 1.34. The van der Waals surface area contributed by atoms with Crippen LogP contribution in [0.15, 0.2) is 65.8 Å². The average molecular weight is 453 g/mol. The molecular formula is C25H25ClN2O4. The number of amides is 1. The molecule has 166 valence electrons. The monoisotopic (exact) mass is 452 g/mol. The Kier molecular flexibility index (Phi) is 8.11. The molecule has 0 radical (unpaired) electrons. The number of ether oxygens (including phenoxy) is 3. The molecule has 0 fully saturated rings. The number of hydrogen-bond donors (Lipinski definition) is 1. The third kappa shape index (κ3) is 6.25. The number of aryl methyl sites for hydroxylation is 1. The number of rotatable bonds is 9. The number of nitrogens with one attached hydrogen (secondary N) is 1. The molecule has 0 spiro atoms. The summed E-state index contributed by atoms with van der Waals surface area (Å²) in [7, 11) is 1.53. The molecule has 1 N–H and O–H groups in total. The maximum Gasteiger partial charge on any atom is 0.275 e. The first kappa shape index (κ1) is 23.2. The van der Waals surface area contributed by atoms with Crippen molar-refractivity contribution in [2.75, 3.05) is 13.7 Å². The Balaban J connectivity index is 1.68. The summed E-state index contributed by atoms with van der Waals surface area (Å²) in [5.41, 5.74) is 5.65. The molecule has 0 saturated carbocycles. The largest absolute Gasteiger partial charge is 0.496 e. The van der Waals surface area contributed by atoms with E-state index in [1.807, 2.05) is 56.3 Å². The molecule has 3 aromatic rings. The Hall–Kier alpha value is -3.51. The number of nitrogens with zero attached hydrogens (tertiary/aromatic N) is 1. The molecule has 0 aliphatic heterocycles. The second-order valence-electron chi connectivity index (χ2n) is 6.96. The van der Waals surface area contributed by atoms with E-state index in [1.54, 1.807) is 24.4 Å². The molecule has 3 aromatic carbocycles. The van der Waals surface area contributed by atoms with E-state index in [0.717, 1.165) is 16.7 Å². The van der Waals surface area contributed by atoms with Gasteiger partial charge in [0.2, 0.25) is 0 Å². The number of halogens is 1. The molecule has 0 aliphatic carbocycles. The fourth-order valence-corrected chi connectivity index (χ4v) is 3.20. The predicted octanol–water partition coefficient (Wildman–Crippen LogP) is 5.40. The topological polar surface area (TPSA) is 69.2 Å². The van der Waals surface area contributed by atoms with Crippen LogP contribution in [0.5, 0.6) is 17.2 Å². The number of carbonyl (C=O) groups is 1. The lowest BCUT2D eigenvalue weighted by molar-refractivity contribution is 0.0952. The van der Waals surface area contributed by atoms with Crippen LogP contribution in [0.1, 0.15) is 34.0 Å². The Labute approximate surface area is 192 Å². The maximum absolute atomic E-state index is 12.4. The van der Waals surface area contributed by atoms with Crippen molar-refractivity contribution in [2.24, 2.45) is 5.10 Å². The highest BCUT2D eigenvalue weighted by Crippen LogP contribution is 2.29. The Morgan fingerprint density at radius 1 is 1.03 bits per heavy atom. The van der Waals surface area contributed by atoms with E-state index in [2.05, 4.69) is 10.5 Å². The Morgan fingerprint density at radius 3 is 2.62 bits per heavy atom. The highest BCUT2D eigenvalue weighted by molar-refractivity contribution is 6.30. The summed E-state index contributed by atoms with van der Waals surface area (Å²) in [5, 5.41) is 4.72. The van der Waals surface area contributed by atoms with Crippen LogP contribution >= 0.6 is 11.6 Å².